The lowest BCUT2D eigenvalue weighted by Gasteiger charge is -2.15. The number of hydrogen-bond donors (Lipinski definition) is 3. The zero-order chi connectivity index (χ0) is 24.7. The molecule has 178 valence electrons. The van der Waals surface area contributed by atoms with E-state index in [1.807, 2.05) is 18.2 Å². The topological polar surface area (TPSA) is 78.8 Å². The molecule has 3 aromatic carbocycles. The fraction of sp³-hybridized carbons (Fsp3) is 0.286. The zero-order valence-electron chi connectivity index (χ0n) is 19.9. The third-order valence-corrected chi connectivity index (χ3v) is 6.39. The van der Waals surface area contributed by atoms with E-state index in [-0.39, 0.29) is 5.75 Å². The maximum absolute atomic E-state index is 11.9. The highest BCUT2D eigenvalue weighted by atomic mass is 32.1. The maximum atomic E-state index is 11.9. The summed E-state index contributed by atoms with van der Waals surface area (Å²) in [7, 11) is 1.52. The lowest BCUT2D eigenvalue weighted by Crippen LogP contribution is -2.20. The summed E-state index contributed by atoms with van der Waals surface area (Å²) in [4.78, 5) is 12.6. The second-order valence-corrected chi connectivity index (χ2v) is 8.97. The van der Waals surface area contributed by atoms with Gasteiger partial charge in [-0.05, 0) is 91.1 Å². The normalized spacial score (nSPS) is 10.7. The minimum absolute atomic E-state index is 0.106. The first-order chi connectivity index (χ1) is 16.3. The number of aryl methyl sites for hydroxylation is 3. The summed E-state index contributed by atoms with van der Waals surface area (Å²) >= 11 is 5.50. The van der Waals surface area contributed by atoms with Crippen LogP contribution in [0.25, 0.3) is 0 Å². The van der Waals surface area contributed by atoms with Gasteiger partial charge in [-0.25, -0.2) is 4.79 Å². The predicted octanol–water partition coefficient (Wildman–Crippen LogP) is 5.75. The predicted molar refractivity (Wildman–Crippen MR) is 139 cm³/mol. The van der Waals surface area contributed by atoms with E-state index >= 15 is 0 Å². The smallest absolute Gasteiger partial charge is 0.335 e. The van der Waals surface area contributed by atoms with Crippen LogP contribution in [0.3, 0.4) is 0 Å². The fourth-order valence-electron chi connectivity index (χ4n) is 3.96. The number of rotatable bonds is 10. The molecule has 0 unspecified atom stereocenters. The van der Waals surface area contributed by atoms with Crippen molar-refractivity contribution in [2.75, 3.05) is 7.11 Å². The van der Waals surface area contributed by atoms with Crippen molar-refractivity contribution < 1.29 is 19.7 Å². The van der Waals surface area contributed by atoms with Crippen molar-refractivity contribution in [2.24, 2.45) is 0 Å². The number of carboxylic acids is 1. The first kappa shape index (κ1) is 25.2. The average Bonchev–Trinajstić information content (AvgIpc) is 2.81. The number of nitrogens with one attached hydrogen (secondary N) is 1. The molecule has 0 fully saturated rings. The van der Waals surface area contributed by atoms with Crippen molar-refractivity contribution in [2.45, 2.75) is 46.1 Å². The molecule has 3 aromatic rings. The summed E-state index contributed by atoms with van der Waals surface area (Å²) in [6.45, 7) is 4.69. The van der Waals surface area contributed by atoms with E-state index in [0.29, 0.717) is 30.7 Å². The van der Waals surface area contributed by atoms with Crippen LogP contribution in [0.4, 0.5) is 0 Å². The number of carboxylic acid groups (broad SMARTS) is 1. The van der Waals surface area contributed by atoms with Crippen molar-refractivity contribution in [1.29, 1.82) is 0 Å². The molecule has 0 saturated heterocycles. The summed E-state index contributed by atoms with van der Waals surface area (Å²) < 4.78 is 5.15. The van der Waals surface area contributed by atoms with Gasteiger partial charge in [-0.15, -0.1) is 0 Å². The number of methoxy groups -OCH3 is 1. The third kappa shape index (κ3) is 6.58. The number of phenols is 1. The number of aromatic hydroxyl groups is 1. The molecule has 3 N–H and O–H groups in total. The van der Waals surface area contributed by atoms with E-state index < -0.39 is 5.97 Å². The van der Waals surface area contributed by atoms with Crippen molar-refractivity contribution >= 4 is 23.2 Å². The van der Waals surface area contributed by atoms with E-state index in [1.165, 1.54) is 18.2 Å². The Labute approximate surface area is 206 Å². The second-order valence-electron chi connectivity index (χ2n) is 8.48. The Balaban J connectivity index is 1.63. The summed E-state index contributed by atoms with van der Waals surface area (Å²) in [6, 6.07) is 17.0. The third-order valence-electron chi connectivity index (χ3n) is 6.04. The van der Waals surface area contributed by atoms with Gasteiger partial charge in [0, 0.05) is 6.54 Å². The van der Waals surface area contributed by atoms with E-state index in [4.69, 9.17) is 17.0 Å². The van der Waals surface area contributed by atoms with Crippen LogP contribution in [-0.4, -0.2) is 28.3 Å². The molecule has 0 bridgehead atoms. The molecule has 5 nitrogen and oxygen atoms in total. The molecule has 0 aliphatic carbocycles. The van der Waals surface area contributed by atoms with Gasteiger partial charge in [-0.2, -0.15) is 0 Å². The Bertz CT molecular complexity index is 1190. The van der Waals surface area contributed by atoms with Gasteiger partial charge in [-0.1, -0.05) is 48.6 Å². The molecule has 0 aliphatic rings. The summed E-state index contributed by atoms with van der Waals surface area (Å²) in [5.74, 6) is -0.365. The number of hydrogen-bond acceptors (Lipinski definition) is 4. The maximum Gasteiger partial charge on any atom is 0.335 e. The van der Waals surface area contributed by atoms with Crippen LogP contribution < -0.4 is 10.1 Å². The fourth-order valence-corrected chi connectivity index (χ4v) is 4.17. The quantitative estimate of drug-likeness (QED) is 0.323. The van der Waals surface area contributed by atoms with E-state index in [2.05, 4.69) is 37.4 Å². The monoisotopic (exact) mass is 477 g/mol. The van der Waals surface area contributed by atoms with Gasteiger partial charge in [0.2, 0.25) is 0 Å². The molecule has 0 amide bonds. The first-order valence-corrected chi connectivity index (χ1v) is 11.7. The van der Waals surface area contributed by atoms with Gasteiger partial charge in [0.05, 0.1) is 17.7 Å². The van der Waals surface area contributed by atoms with Gasteiger partial charge >= 0.3 is 5.97 Å². The lowest BCUT2D eigenvalue weighted by molar-refractivity contribution is 0.0695. The molecule has 0 atom stereocenters. The van der Waals surface area contributed by atoms with Crippen LogP contribution in [0.1, 0.15) is 56.6 Å². The number of carbonyl (C=O) groups is 1. The van der Waals surface area contributed by atoms with Gasteiger partial charge in [-0.3, -0.25) is 0 Å². The lowest BCUT2D eigenvalue weighted by atomic mass is 9.91. The van der Waals surface area contributed by atoms with Crippen LogP contribution in [-0.2, 0) is 19.4 Å². The molecule has 0 aliphatic heterocycles. The summed E-state index contributed by atoms with van der Waals surface area (Å²) in [5.41, 5.74) is 6.77. The summed E-state index contributed by atoms with van der Waals surface area (Å²) in [5, 5.41) is 22.7. The van der Waals surface area contributed by atoms with Gasteiger partial charge < -0.3 is 20.3 Å². The molecule has 0 radical (unpaired) electrons. The first-order valence-electron chi connectivity index (χ1n) is 11.3. The highest BCUT2D eigenvalue weighted by molar-refractivity contribution is 7.80. The van der Waals surface area contributed by atoms with E-state index in [9.17, 15) is 15.0 Å². The Hall–Kier alpha value is -3.38. The van der Waals surface area contributed by atoms with E-state index in [1.54, 1.807) is 18.2 Å². The minimum Gasteiger partial charge on any atom is -0.504 e. The number of benzene rings is 3. The Morgan fingerprint density at radius 1 is 1.03 bits per heavy atom. The summed E-state index contributed by atoms with van der Waals surface area (Å²) in [6.07, 6.45) is 2.85. The Morgan fingerprint density at radius 2 is 1.79 bits per heavy atom. The molecule has 0 saturated carbocycles. The second kappa shape index (κ2) is 11.7. The molecule has 34 heavy (non-hydrogen) atoms. The highest BCUT2D eigenvalue weighted by Crippen LogP contribution is 2.26. The van der Waals surface area contributed by atoms with Gasteiger partial charge in [0.1, 0.15) is 0 Å². The molecular weight excluding hydrogens is 446 g/mol. The zero-order valence-corrected chi connectivity index (χ0v) is 20.7. The molecular formula is C28H31NO4S. The van der Waals surface area contributed by atoms with Crippen molar-refractivity contribution in [3.05, 3.63) is 93.5 Å². The number of aromatic carboxylic acids is 1. The highest BCUT2D eigenvalue weighted by Gasteiger charge is 2.15. The van der Waals surface area contributed by atoms with Crippen molar-refractivity contribution in [3.8, 4) is 11.5 Å². The van der Waals surface area contributed by atoms with Gasteiger partial charge in [0.25, 0.3) is 0 Å². The molecule has 0 aromatic heterocycles. The molecule has 0 spiro atoms. The largest absolute Gasteiger partial charge is 0.504 e. The molecule has 3 rings (SSSR count). The van der Waals surface area contributed by atoms with Gasteiger partial charge in [0.15, 0.2) is 11.5 Å². The standard InChI is InChI=1S/C28H31NO4S/c1-18-10-11-20(14-19(18)2)15-24-22(6-4-8-23(24)28(31)32)7-5-9-27(34)29-17-21-12-13-25(30)26(16-21)33-3/h4,6,8,10-14,16,30H,5,7,9,15,17H2,1-3H3,(H,29,34)(H,31,32). The van der Waals surface area contributed by atoms with Crippen LogP contribution >= 0.6 is 12.2 Å². The van der Waals surface area contributed by atoms with Crippen molar-refractivity contribution in [1.82, 2.24) is 5.32 Å². The SMILES string of the molecule is COc1cc(CNC(=S)CCCc2cccc(C(=O)O)c2Cc2ccc(C)c(C)c2)ccc1O. The number of phenolic OH excluding ortho intramolecular Hbond substituents is 1. The van der Waals surface area contributed by atoms with E-state index in [0.717, 1.165) is 40.1 Å². The van der Waals surface area contributed by atoms with Crippen LogP contribution in [0, 0.1) is 13.8 Å². The minimum atomic E-state index is -0.901. The molecule has 6 heteroatoms. The van der Waals surface area contributed by atoms with Crippen LogP contribution in [0.2, 0.25) is 0 Å². The Morgan fingerprint density at radius 3 is 2.50 bits per heavy atom. The number of thiocarbonyl (C=S) groups is 1. The molecule has 0 heterocycles. The Kier molecular flexibility index (Phi) is 8.66. The van der Waals surface area contributed by atoms with Crippen molar-refractivity contribution in [3.63, 3.8) is 0 Å². The number of ether oxygens (including phenoxy) is 1. The van der Waals surface area contributed by atoms with Crippen LogP contribution in [0.15, 0.2) is 54.6 Å². The average molecular weight is 478 g/mol. The van der Waals surface area contributed by atoms with Crippen LogP contribution in [0.5, 0.6) is 11.5 Å².